The molecule has 6 heteroatoms. The van der Waals surface area contributed by atoms with Gasteiger partial charge in [0.1, 0.15) is 5.82 Å². The summed E-state index contributed by atoms with van der Waals surface area (Å²) in [4.78, 5) is 16.9. The fourth-order valence-corrected chi connectivity index (χ4v) is 3.81. The van der Waals surface area contributed by atoms with E-state index in [4.69, 9.17) is 0 Å². The number of aromatic nitrogens is 3. The maximum Gasteiger partial charge on any atom is 0.250 e. The lowest BCUT2D eigenvalue weighted by Gasteiger charge is -2.20. The Bertz CT molecular complexity index is 920. The standard InChI is InChI=1S/C18H14FN3OS/c1-11-5-7-12(8-6-11)17-20-18-22(21-17)16(23)10-15(24-18)13-3-2-4-14(19)9-13/h2-9,15H,10H2,1H3/t15-/m0/s1. The lowest BCUT2D eigenvalue weighted by atomic mass is 10.1. The van der Waals surface area contributed by atoms with Gasteiger partial charge in [0.25, 0.3) is 5.91 Å². The Labute approximate surface area is 142 Å². The van der Waals surface area contributed by atoms with Crippen LogP contribution in [0, 0.1) is 12.7 Å². The van der Waals surface area contributed by atoms with Crippen molar-refractivity contribution in [2.75, 3.05) is 0 Å². The summed E-state index contributed by atoms with van der Waals surface area (Å²) in [5.74, 6) is 0.113. The third-order valence-corrected chi connectivity index (χ3v) is 5.15. The molecule has 0 spiro atoms. The van der Waals surface area contributed by atoms with Crippen molar-refractivity contribution in [2.24, 2.45) is 0 Å². The van der Waals surface area contributed by atoms with Gasteiger partial charge in [0.2, 0.25) is 0 Å². The Morgan fingerprint density at radius 1 is 1.21 bits per heavy atom. The zero-order valence-corrected chi connectivity index (χ0v) is 13.8. The first-order valence-corrected chi connectivity index (χ1v) is 8.47. The van der Waals surface area contributed by atoms with Gasteiger partial charge in [-0.3, -0.25) is 4.79 Å². The molecule has 1 atom stereocenters. The van der Waals surface area contributed by atoms with Gasteiger partial charge >= 0.3 is 0 Å². The van der Waals surface area contributed by atoms with Crippen LogP contribution in [0.25, 0.3) is 11.4 Å². The average Bonchev–Trinajstić information content (AvgIpc) is 3.00. The third kappa shape index (κ3) is 2.73. The minimum atomic E-state index is -0.298. The number of nitrogens with zero attached hydrogens (tertiary/aromatic N) is 3. The van der Waals surface area contributed by atoms with Crippen LogP contribution in [0.2, 0.25) is 0 Å². The molecule has 0 amide bonds. The highest BCUT2D eigenvalue weighted by atomic mass is 32.2. The van der Waals surface area contributed by atoms with Gasteiger partial charge < -0.3 is 0 Å². The summed E-state index contributed by atoms with van der Waals surface area (Å²) >= 11 is 1.44. The van der Waals surface area contributed by atoms with E-state index in [0.717, 1.165) is 16.7 Å². The Hall–Kier alpha value is -2.47. The minimum absolute atomic E-state index is 0.121. The van der Waals surface area contributed by atoms with Crippen LogP contribution in [0.3, 0.4) is 0 Å². The molecule has 0 fully saturated rings. The van der Waals surface area contributed by atoms with Gasteiger partial charge in [-0.25, -0.2) is 9.37 Å². The molecule has 0 radical (unpaired) electrons. The van der Waals surface area contributed by atoms with Crippen molar-refractivity contribution in [1.29, 1.82) is 0 Å². The van der Waals surface area contributed by atoms with E-state index in [1.165, 1.54) is 28.6 Å². The predicted molar refractivity (Wildman–Crippen MR) is 90.4 cm³/mol. The molecular formula is C18H14FN3OS. The molecule has 1 aromatic heterocycles. The number of carbonyl (C=O) groups excluding carboxylic acids is 1. The van der Waals surface area contributed by atoms with E-state index in [9.17, 15) is 9.18 Å². The number of hydrogen-bond donors (Lipinski definition) is 0. The zero-order chi connectivity index (χ0) is 16.7. The summed E-state index contributed by atoms with van der Waals surface area (Å²) in [5.41, 5.74) is 2.82. The Balaban J connectivity index is 1.68. The molecule has 4 nitrogen and oxygen atoms in total. The van der Waals surface area contributed by atoms with Crippen molar-refractivity contribution < 1.29 is 9.18 Å². The summed E-state index contributed by atoms with van der Waals surface area (Å²) in [6.45, 7) is 2.01. The van der Waals surface area contributed by atoms with E-state index in [-0.39, 0.29) is 23.4 Å². The number of benzene rings is 2. The average molecular weight is 339 g/mol. The number of rotatable bonds is 2. The lowest BCUT2D eigenvalue weighted by Crippen LogP contribution is -2.21. The van der Waals surface area contributed by atoms with Crippen LogP contribution in [-0.4, -0.2) is 20.7 Å². The molecule has 0 saturated heterocycles. The summed E-state index contributed by atoms with van der Waals surface area (Å²) in [6, 6.07) is 14.2. The molecular weight excluding hydrogens is 325 g/mol. The summed E-state index contributed by atoms with van der Waals surface area (Å²) in [5, 5.41) is 4.75. The van der Waals surface area contributed by atoms with Crippen molar-refractivity contribution in [3.8, 4) is 11.4 Å². The Morgan fingerprint density at radius 3 is 2.75 bits per heavy atom. The van der Waals surface area contributed by atoms with Crippen LogP contribution < -0.4 is 0 Å². The van der Waals surface area contributed by atoms with E-state index in [1.807, 2.05) is 37.3 Å². The Kier molecular flexibility index (Phi) is 3.69. The first-order valence-electron chi connectivity index (χ1n) is 7.59. The number of carbonyl (C=O) groups is 1. The number of halogens is 1. The van der Waals surface area contributed by atoms with Gasteiger partial charge in [0.05, 0.1) is 0 Å². The van der Waals surface area contributed by atoms with E-state index in [1.54, 1.807) is 6.07 Å². The quantitative estimate of drug-likeness (QED) is 0.699. The molecule has 3 aromatic rings. The molecule has 0 bridgehead atoms. The molecule has 120 valence electrons. The van der Waals surface area contributed by atoms with Gasteiger partial charge in [-0.1, -0.05) is 53.7 Å². The van der Waals surface area contributed by atoms with E-state index in [0.29, 0.717) is 11.0 Å². The minimum Gasteiger partial charge on any atom is -0.272 e. The fraction of sp³-hybridized carbons (Fsp3) is 0.167. The molecule has 0 aliphatic carbocycles. The summed E-state index contributed by atoms with van der Waals surface area (Å²) in [7, 11) is 0. The Morgan fingerprint density at radius 2 is 2.00 bits per heavy atom. The fourth-order valence-electron chi connectivity index (χ4n) is 2.67. The molecule has 0 unspecified atom stereocenters. The molecule has 2 aromatic carbocycles. The normalized spacial score (nSPS) is 16.9. The maximum atomic E-state index is 13.4. The highest BCUT2D eigenvalue weighted by molar-refractivity contribution is 7.99. The molecule has 1 aliphatic rings. The second kappa shape index (κ2) is 5.87. The van der Waals surface area contributed by atoms with Crippen LogP contribution in [0.4, 0.5) is 4.39 Å². The topological polar surface area (TPSA) is 47.8 Å². The van der Waals surface area contributed by atoms with E-state index >= 15 is 0 Å². The highest BCUT2D eigenvalue weighted by Gasteiger charge is 2.30. The van der Waals surface area contributed by atoms with Crippen molar-refractivity contribution in [2.45, 2.75) is 23.8 Å². The number of thioether (sulfide) groups is 1. The second-order valence-electron chi connectivity index (χ2n) is 5.76. The van der Waals surface area contributed by atoms with E-state index in [2.05, 4.69) is 10.1 Å². The van der Waals surface area contributed by atoms with E-state index < -0.39 is 0 Å². The van der Waals surface area contributed by atoms with Crippen LogP contribution in [0.15, 0.2) is 53.7 Å². The molecule has 0 saturated carbocycles. The van der Waals surface area contributed by atoms with Crippen molar-refractivity contribution >= 4 is 17.7 Å². The smallest absolute Gasteiger partial charge is 0.250 e. The van der Waals surface area contributed by atoms with Gasteiger partial charge in [0.15, 0.2) is 11.0 Å². The van der Waals surface area contributed by atoms with Gasteiger partial charge in [-0.2, -0.15) is 4.68 Å². The molecule has 2 heterocycles. The van der Waals surface area contributed by atoms with Crippen LogP contribution in [-0.2, 0) is 0 Å². The molecule has 24 heavy (non-hydrogen) atoms. The van der Waals surface area contributed by atoms with Crippen molar-refractivity contribution in [1.82, 2.24) is 14.8 Å². The van der Waals surface area contributed by atoms with Gasteiger partial charge in [-0.05, 0) is 24.6 Å². The molecule has 0 N–H and O–H groups in total. The summed E-state index contributed by atoms with van der Waals surface area (Å²) < 4.78 is 14.8. The van der Waals surface area contributed by atoms with Gasteiger partial charge in [-0.15, -0.1) is 5.10 Å². The predicted octanol–water partition coefficient (Wildman–Crippen LogP) is 4.27. The number of hydrogen-bond acceptors (Lipinski definition) is 4. The lowest BCUT2D eigenvalue weighted by molar-refractivity contribution is 0.0868. The van der Waals surface area contributed by atoms with Crippen LogP contribution >= 0.6 is 11.8 Å². The first-order chi connectivity index (χ1) is 11.6. The van der Waals surface area contributed by atoms with Crippen molar-refractivity contribution in [3.63, 3.8) is 0 Å². The molecule has 4 rings (SSSR count). The van der Waals surface area contributed by atoms with Crippen LogP contribution in [0.5, 0.6) is 0 Å². The second-order valence-corrected chi connectivity index (χ2v) is 6.93. The van der Waals surface area contributed by atoms with Crippen LogP contribution in [0.1, 0.15) is 27.6 Å². The highest BCUT2D eigenvalue weighted by Crippen LogP contribution is 2.41. The number of fused-ring (bicyclic) bond motifs is 1. The number of aryl methyl sites for hydroxylation is 1. The first kappa shape index (κ1) is 15.1. The maximum absolute atomic E-state index is 13.4. The SMILES string of the molecule is Cc1ccc(-c2nc3n(n2)C(=O)C[C@@H](c2cccc(F)c2)S3)cc1. The third-order valence-electron chi connectivity index (χ3n) is 3.95. The largest absolute Gasteiger partial charge is 0.272 e. The summed E-state index contributed by atoms with van der Waals surface area (Å²) in [6.07, 6.45) is 0.276. The molecule has 1 aliphatic heterocycles. The zero-order valence-electron chi connectivity index (χ0n) is 12.9. The monoisotopic (exact) mass is 339 g/mol. The van der Waals surface area contributed by atoms with Gasteiger partial charge in [0, 0.05) is 17.2 Å². The van der Waals surface area contributed by atoms with Crippen molar-refractivity contribution in [3.05, 3.63) is 65.5 Å².